The van der Waals surface area contributed by atoms with Gasteiger partial charge in [0.25, 0.3) is 5.91 Å². The van der Waals surface area contributed by atoms with Gasteiger partial charge in [-0.15, -0.1) is 0 Å². The molecule has 0 saturated carbocycles. The van der Waals surface area contributed by atoms with Crippen molar-refractivity contribution in [3.8, 4) is 5.75 Å². The molecule has 4 aromatic carbocycles. The Bertz CT molecular complexity index is 1120. The van der Waals surface area contributed by atoms with E-state index >= 15 is 0 Å². The van der Waals surface area contributed by atoms with E-state index in [1.807, 2.05) is 72.8 Å². The summed E-state index contributed by atoms with van der Waals surface area (Å²) in [5, 5.41) is 3.29. The van der Waals surface area contributed by atoms with Gasteiger partial charge in [0.2, 0.25) is 0 Å². The summed E-state index contributed by atoms with van der Waals surface area (Å²) < 4.78 is 5.91. The second kappa shape index (κ2) is 11.1. The zero-order chi connectivity index (χ0) is 22.9. The van der Waals surface area contributed by atoms with Gasteiger partial charge >= 0.3 is 0 Å². The summed E-state index contributed by atoms with van der Waals surface area (Å²) in [6.45, 7) is 2.54. The highest BCUT2D eigenvalue weighted by molar-refractivity contribution is 5.96. The van der Waals surface area contributed by atoms with E-state index in [-0.39, 0.29) is 11.9 Å². The molecule has 0 aliphatic heterocycles. The van der Waals surface area contributed by atoms with Crippen molar-refractivity contribution in [1.29, 1.82) is 0 Å². The molecular formula is C30H29NO2. The van der Waals surface area contributed by atoms with E-state index in [2.05, 4.69) is 48.6 Å². The summed E-state index contributed by atoms with van der Waals surface area (Å²) in [5.41, 5.74) is 4.84. The van der Waals surface area contributed by atoms with Crippen LogP contribution in [0.3, 0.4) is 0 Å². The first-order valence-corrected chi connectivity index (χ1v) is 11.4. The predicted molar refractivity (Wildman–Crippen MR) is 133 cm³/mol. The summed E-state index contributed by atoms with van der Waals surface area (Å²) in [6, 6.07) is 35.8. The van der Waals surface area contributed by atoms with Crippen LogP contribution in [-0.2, 0) is 13.0 Å². The molecule has 33 heavy (non-hydrogen) atoms. The molecule has 0 saturated heterocycles. The Labute approximate surface area is 196 Å². The molecular weight excluding hydrogens is 406 g/mol. The summed E-state index contributed by atoms with van der Waals surface area (Å²) in [5.74, 6) is 0.743. The number of hydrogen-bond acceptors (Lipinski definition) is 2. The maximum atomic E-state index is 13.6. The van der Waals surface area contributed by atoms with Gasteiger partial charge in [-0.3, -0.25) is 4.79 Å². The van der Waals surface area contributed by atoms with Crippen molar-refractivity contribution in [3.05, 3.63) is 137 Å². The van der Waals surface area contributed by atoms with E-state index in [0.717, 1.165) is 40.8 Å². The highest BCUT2D eigenvalue weighted by Crippen LogP contribution is 2.24. The number of aryl methyl sites for hydroxylation is 1. The summed E-state index contributed by atoms with van der Waals surface area (Å²) in [4.78, 5) is 13.6. The highest BCUT2D eigenvalue weighted by atomic mass is 16.5. The first-order valence-electron chi connectivity index (χ1n) is 11.4. The van der Waals surface area contributed by atoms with E-state index in [9.17, 15) is 4.79 Å². The van der Waals surface area contributed by atoms with Crippen LogP contribution in [0.5, 0.6) is 5.75 Å². The van der Waals surface area contributed by atoms with Crippen molar-refractivity contribution >= 4 is 5.91 Å². The van der Waals surface area contributed by atoms with Crippen LogP contribution in [0.25, 0.3) is 0 Å². The Kier molecular flexibility index (Phi) is 7.55. The molecule has 3 heteroatoms. The van der Waals surface area contributed by atoms with Gasteiger partial charge < -0.3 is 10.1 Å². The molecule has 4 rings (SSSR count). The lowest BCUT2D eigenvalue weighted by Gasteiger charge is -2.21. The van der Waals surface area contributed by atoms with Gasteiger partial charge in [-0.2, -0.15) is 0 Å². The molecule has 4 aromatic rings. The first-order chi connectivity index (χ1) is 16.2. The average Bonchev–Trinajstić information content (AvgIpc) is 2.88. The Hall–Kier alpha value is -3.85. The number of ether oxygens (including phenoxy) is 1. The number of hydrogen-bond donors (Lipinski definition) is 1. The Morgan fingerprint density at radius 1 is 0.788 bits per heavy atom. The Morgan fingerprint density at radius 3 is 1.94 bits per heavy atom. The molecule has 0 bridgehead atoms. The molecule has 0 atom stereocenters. The lowest BCUT2D eigenvalue weighted by Crippen LogP contribution is -2.30. The minimum atomic E-state index is -0.224. The third-order valence-corrected chi connectivity index (χ3v) is 5.63. The normalized spacial score (nSPS) is 10.7. The molecule has 0 aliphatic carbocycles. The van der Waals surface area contributed by atoms with Crippen molar-refractivity contribution in [1.82, 2.24) is 5.32 Å². The third-order valence-electron chi connectivity index (χ3n) is 5.63. The lowest BCUT2D eigenvalue weighted by molar-refractivity contribution is 0.0942. The van der Waals surface area contributed by atoms with Crippen LogP contribution in [0.15, 0.2) is 109 Å². The monoisotopic (exact) mass is 435 g/mol. The van der Waals surface area contributed by atoms with Crippen molar-refractivity contribution in [2.24, 2.45) is 0 Å². The van der Waals surface area contributed by atoms with Crippen LogP contribution in [0.4, 0.5) is 0 Å². The van der Waals surface area contributed by atoms with Crippen molar-refractivity contribution in [2.45, 2.75) is 32.4 Å². The third kappa shape index (κ3) is 5.89. The van der Waals surface area contributed by atoms with E-state index < -0.39 is 0 Å². The van der Waals surface area contributed by atoms with Gasteiger partial charge in [-0.25, -0.2) is 0 Å². The second-order valence-electron chi connectivity index (χ2n) is 8.07. The standard InChI is InChI=1S/C30H29NO2/c1-2-12-24-20-19-23(22-33-27-17-10-5-11-18-27)21-28(24)30(32)31-29(25-13-6-3-7-14-25)26-15-8-4-9-16-26/h3-11,13-21,29H,2,12,22H2,1H3,(H,31,32). The Morgan fingerprint density at radius 2 is 1.36 bits per heavy atom. The molecule has 0 aromatic heterocycles. The molecule has 0 unspecified atom stereocenters. The molecule has 0 radical (unpaired) electrons. The summed E-state index contributed by atoms with van der Waals surface area (Å²) in [6.07, 6.45) is 1.82. The molecule has 1 N–H and O–H groups in total. The van der Waals surface area contributed by atoms with E-state index in [4.69, 9.17) is 4.74 Å². The van der Waals surface area contributed by atoms with Crippen molar-refractivity contribution < 1.29 is 9.53 Å². The van der Waals surface area contributed by atoms with Crippen LogP contribution in [0, 0.1) is 0 Å². The minimum absolute atomic E-state index is 0.0716. The Balaban J connectivity index is 1.60. The zero-order valence-corrected chi connectivity index (χ0v) is 18.9. The second-order valence-corrected chi connectivity index (χ2v) is 8.07. The predicted octanol–water partition coefficient (Wildman–Crippen LogP) is 6.74. The fourth-order valence-electron chi connectivity index (χ4n) is 3.95. The number of para-hydroxylation sites is 1. The van der Waals surface area contributed by atoms with Crippen LogP contribution in [-0.4, -0.2) is 5.91 Å². The van der Waals surface area contributed by atoms with Gasteiger partial charge in [0.1, 0.15) is 12.4 Å². The van der Waals surface area contributed by atoms with Gasteiger partial charge in [0.05, 0.1) is 6.04 Å². The maximum Gasteiger partial charge on any atom is 0.252 e. The molecule has 0 aliphatic rings. The molecule has 0 heterocycles. The number of nitrogens with one attached hydrogen (secondary N) is 1. The summed E-state index contributed by atoms with van der Waals surface area (Å²) in [7, 11) is 0. The molecule has 0 spiro atoms. The van der Waals surface area contributed by atoms with Crippen LogP contribution >= 0.6 is 0 Å². The van der Waals surface area contributed by atoms with Gasteiger partial charge in [0, 0.05) is 5.56 Å². The smallest absolute Gasteiger partial charge is 0.252 e. The quantitative estimate of drug-likeness (QED) is 0.316. The number of carbonyl (C=O) groups excluding carboxylic acids is 1. The number of carbonyl (C=O) groups is 1. The maximum absolute atomic E-state index is 13.6. The molecule has 1 amide bonds. The van der Waals surface area contributed by atoms with Gasteiger partial charge in [-0.05, 0) is 46.9 Å². The topological polar surface area (TPSA) is 38.3 Å². The summed E-state index contributed by atoms with van der Waals surface area (Å²) >= 11 is 0. The number of amides is 1. The lowest BCUT2D eigenvalue weighted by atomic mass is 9.96. The number of rotatable bonds is 9. The van der Waals surface area contributed by atoms with Crippen LogP contribution < -0.4 is 10.1 Å². The van der Waals surface area contributed by atoms with E-state index in [1.54, 1.807) is 0 Å². The van der Waals surface area contributed by atoms with Crippen molar-refractivity contribution in [2.75, 3.05) is 0 Å². The van der Waals surface area contributed by atoms with Crippen LogP contribution in [0.1, 0.15) is 52.0 Å². The van der Waals surface area contributed by atoms with Gasteiger partial charge in [0.15, 0.2) is 0 Å². The highest BCUT2D eigenvalue weighted by Gasteiger charge is 2.20. The van der Waals surface area contributed by atoms with Crippen LogP contribution in [0.2, 0.25) is 0 Å². The SMILES string of the molecule is CCCc1ccc(COc2ccccc2)cc1C(=O)NC(c1ccccc1)c1ccccc1. The molecule has 166 valence electrons. The molecule has 0 fully saturated rings. The fourth-order valence-corrected chi connectivity index (χ4v) is 3.95. The van der Waals surface area contributed by atoms with Gasteiger partial charge in [-0.1, -0.05) is 104 Å². The zero-order valence-electron chi connectivity index (χ0n) is 18.9. The minimum Gasteiger partial charge on any atom is -0.489 e. The largest absolute Gasteiger partial charge is 0.489 e. The number of benzene rings is 4. The van der Waals surface area contributed by atoms with Crippen molar-refractivity contribution in [3.63, 3.8) is 0 Å². The fraction of sp³-hybridized carbons (Fsp3) is 0.167. The van der Waals surface area contributed by atoms with E-state index in [1.165, 1.54) is 0 Å². The van der Waals surface area contributed by atoms with E-state index in [0.29, 0.717) is 12.2 Å². The first kappa shape index (κ1) is 22.3. The molecule has 3 nitrogen and oxygen atoms in total. The average molecular weight is 436 g/mol.